The lowest BCUT2D eigenvalue weighted by atomic mass is 10.3. The van der Waals surface area contributed by atoms with Crippen LogP contribution in [0.25, 0.3) is 0 Å². The molecule has 0 saturated heterocycles. The molecule has 8 nitrogen and oxygen atoms in total. The number of rotatable bonds is 6. The molecule has 150 valence electrons. The number of halogens is 1. The molecule has 0 spiro atoms. The molecule has 2 aromatic carbocycles. The van der Waals surface area contributed by atoms with Gasteiger partial charge in [0.2, 0.25) is 15.7 Å². The summed E-state index contributed by atoms with van der Waals surface area (Å²) in [7, 11) is -2.64. The van der Waals surface area contributed by atoms with Gasteiger partial charge >= 0.3 is 0 Å². The van der Waals surface area contributed by atoms with E-state index in [-0.39, 0.29) is 10.6 Å². The molecule has 0 unspecified atom stereocenters. The minimum absolute atomic E-state index is 0.0706. The number of nitrogens with one attached hydrogen (secondary N) is 1. The average molecular weight is 417 g/mol. The van der Waals surface area contributed by atoms with Crippen molar-refractivity contribution in [1.82, 2.24) is 9.78 Å². The van der Waals surface area contributed by atoms with Crippen molar-refractivity contribution in [2.24, 2.45) is 0 Å². The fourth-order valence-corrected chi connectivity index (χ4v) is 3.70. The lowest BCUT2D eigenvalue weighted by Gasteiger charge is -2.09. The summed E-state index contributed by atoms with van der Waals surface area (Å²) in [5.74, 6) is -0.862. The minimum atomic E-state index is -4.04. The number of hydrogen-bond acceptors (Lipinski definition) is 6. The Kier molecular flexibility index (Phi) is 5.74. The summed E-state index contributed by atoms with van der Waals surface area (Å²) in [5.41, 5.74) is -0.466. The molecule has 0 atom stereocenters. The van der Waals surface area contributed by atoms with E-state index in [1.165, 1.54) is 43.5 Å². The molecule has 1 amide bonds. The number of benzene rings is 2. The molecule has 1 N–H and O–H groups in total. The Hall–Kier alpha value is -3.53. The van der Waals surface area contributed by atoms with E-state index >= 15 is 0 Å². The van der Waals surface area contributed by atoms with Crippen molar-refractivity contribution in [3.05, 3.63) is 76.8 Å². The Labute approximate surface area is 165 Å². The third-order valence-corrected chi connectivity index (χ3v) is 5.51. The number of carbonyl (C=O) groups excluding carboxylic acids is 1. The van der Waals surface area contributed by atoms with Crippen LogP contribution in [-0.4, -0.2) is 31.2 Å². The second kappa shape index (κ2) is 8.23. The van der Waals surface area contributed by atoms with Gasteiger partial charge < -0.3 is 10.1 Å². The average Bonchev–Trinajstić information content (AvgIpc) is 2.69. The van der Waals surface area contributed by atoms with Gasteiger partial charge in [0.05, 0.1) is 12.0 Å². The van der Waals surface area contributed by atoms with Crippen LogP contribution in [0.1, 0.15) is 0 Å². The molecule has 0 aliphatic carbocycles. The summed E-state index contributed by atoms with van der Waals surface area (Å²) in [4.78, 5) is 24.1. The normalized spacial score (nSPS) is 11.1. The van der Waals surface area contributed by atoms with Crippen molar-refractivity contribution in [2.45, 2.75) is 16.5 Å². The third-order valence-electron chi connectivity index (χ3n) is 3.87. The number of methoxy groups -OCH3 is 1. The fourth-order valence-electron chi connectivity index (χ4n) is 2.48. The zero-order valence-electron chi connectivity index (χ0n) is 15.2. The van der Waals surface area contributed by atoms with Crippen molar-refractivity contribution in [1.29, 1.82) is 0 Å². The molecule has 29 heavy (non-hydrogen) atoms. The molecular formula is C19H16FN3O5S. The number of sulfone groups is 1. The maximum absolute atomic E-state index is 13.2. The number of ether oxygens (including phenoxy) is 1. The summed E-state index contributed by atoms with van der Waals surface area (Å²) in [5, 5.41) is 5.84. The van der Waals surface area contributed by atoms with Crippen LogP contribution in [0.3, 0.4) is 0 Å². The Balaban J connectivity index is 1.87. The minimum Gasteiger partial charge on any atom is -0.497 e. The van der Waals surface area contributed by atoms with Crippen LogP contribution in [0.15, 0.2) is 75.4 Å². The van der Waals surface area contributed by atoms with Gasteiger partial charge in [0.15, 0.2) is 5.03 Å². The van der Waals surface area contributed by atoms with Crippen molar-refractivity contribution < 1.29 is 22.3 Å². The van der Waals surface area contributed by atoms with E-state index in [4.69, 9.17) is 4.74 Å². The highest BCUT2D eigenvalue weighted by Gasteiger charge is 2.21. The molecule has 0 saturated carbocycles. The Morgan fingerprint density at radius 3 is 2.62 bits per heavy atom. The van der Waals surface area contributed by atoms with E-state index in [1.54, 1.807) is 6.07 Å². The third kappa shape index (κ3) is 4.66. The lowest BCUT2D eigenvalue weighted by Crippen LogP contribution is -2.30. The van der Waals surface area contributed by atoms with Gasteiger partial charge in [-0.25, -0.2) is 17.5 Å². The summed E-state index contributed by atoms with van der Waals surface area (Å²) >= 11 is 0. The van der Waals surface area contributed by atoms with E-state index in [2.05, 4.69) is 10.4 Å². The molecular weight excluding hydrogens is 401 g/mol. The maximum atomic E-state index is 13.2. The number of amides is 1. The molecule has 0 radical (unpaired) electrons. The summed E-state index contributed by atoms with van der Waals surface area (Å²) < 4.78 is 44.6. The van der Waals surface area contributed by atoms with Gasteiger partial charge in [-0.3, -0.25) is 9.59 Å². The first-order valence-electron chi connectivity index (χ1n) is 8.32. The molecule has 3 rings (SSSR count). The zero-order valence-corrected chi connectivity index (χ0v) is 16.0. The van der Waals surface area contributed by atoms with Gasteiger partial charge in [-0.05, 0) is 42.5 Å². The summed E-state index contributed by atoms with van der Waals surface area (Å²) in [6.07, 6.45) is 0. The Morgan fingerprint density at radius 2 is 1.90 bits per heavy atom. The quantitative estimate of drug-likeness (QED) is 0.656. The molecule has 0 bridgehead atoms. The van der Waals surface area contributed by atoms with Crippen LogP contribution >= 0.6 is 0 Å². The highest BCUT2D eigenvalue weighted by atomic mass is 32.2. The highest BCUT2D eigenvalue weighted by molar-refractivity contribution is 7.91. The summed E-state index contributed by atoms with van der Waals surface area (Å²) in [6, 6.07) is 13.1. The van der Waals surface area contributed by atoms with E-state index < -0.39 is 38.7 Å². The van der Waals surface area contributed by atoms with Gasteiger partial charge in [-0.15, -0.1) is 0 Å². The molecule has 1 aromatic heterocycles. The standard InChI is InChI=1S/C19H16FN3O5S/c1-28-15-6-3-7-16(11-15)29(26,27)18-8-9-19(25)23(22-18)12-17(24)21-14-5-2-4-13(20)10-14/h2-11H,12H2,1H3,(H,21,24). The number of hydrogen-bond donors (Lipinski definition) is 1. The SMILES string of the molecule is COc1cccc(S(=O)(=O)c2ccc(=O)n(CC(=O)Nc3cccc(F)c3)n2)c1. The van der Waals surface area contributed by atoms with E-state index in [0.717, 1.165) is 22.9 Å². The zero-order chi connectivity index (χ0) is 21.0. The van der Waals surface area contributed by atoms with Crippen LogP contribution in [-0.2, 0) is 21.2 Å². The van der Waals surface area contributed by atoms with Gasteiger partial charge in [0, 0.05) is 11.8 Å². The van der Waals surface area contributed by atoms with Crippen LogP contribution in [0, 0.1) is 5.82 Å². The largest absolute Gasteiger partial charge is 0.497 e. The van der Waals surface area contributed by atoms with Crippen molar-refractivity contribution in [3.8, 4) is 5.75 Å². The van der Waals surface area contributed by atoms with Gasteiger partial charge in [-0.1, -0.05) is 12.1 Å². The van der Waals surface area contributed by atoms with E-state index in [0.29, 0.717) is 5.75 Å². The van der Waals surface area contributed by atoms with Crippen LogP contribution in [0.5, 0.6) is 5.75 Å². The second-order valence-corrected chi connectivity index (χ2v) is 7.80. The number of anilines is 1. The first kappa shape index (κ1) is 20.2. The topological polar surface area (TPSA) is 107 Å². The van der Waals surface area contributed by atoms with Gasteiger partial charge in [0.25, 0.3) is 5.56 Å². The molecule has 0 aliphatic rings. The first-order valence-corrected chi connectivity index (χ1v) is 9.80. The molecule has 0 aliphatic heterocycles. The first-order chi connectivity index (χ1) is 13.8. The van der Waals surface area contributed by atoms with Crippen LogP contribution in [0.4, 0.5) is 10.1 Å². The molecule has 10 heteroatoms. The van der Waals surface area contributed by atoms with E-state index in [9.17, 15) is 22.4 Å². The number of nitrogens with zero attached hydrogens (tertiary/aromatic N) is 2. The number of aromatic nitrogens is 2. The van der Waals surface area contributed by atoms with Crippen molar-refractivity contribution in [3.63, 3.8) is 0 Å². The molecule has 1 heterocycles. The molecule has 0 fully saturated rings. The summed E-state index contributed by atoms with van der Waals surface area (Å²) in [6.45, 7) is -0.545. The number of carbonyl (C=O) groups is 1. The maximum Gasteiger partial charge on any atom is 0.267 e. The van der Waals surface area contributed by atoms with Crippen LogP contribution in [0.2, 0.25) is 0 Å². The predicted octanol–water partition coefficient (Wildman–Crippen LogP) is 1.86. The second-order valence-electron chi connectivity index (χ2n) is 5.91. The van der Waals surface area contributed by atoms with Crippen molar-refractivity contribution >= 4 is 21.4 Å². The lowest BCUT2D eigenvalue weighted by molar-refractivity contribution is -0.117. The van der Waals surface area contributed by atoms with Crippen LogP contribution < -0.4 is 15.6 Å². The van der Waals surface area contributed by atoms with Gasteiger partial charge in [0.1, 0.15) is 18.1 Å². The molecule has 3 aromatic rings. The Morgan fingerprint density at radius 1 is 1.14 bits per heavy atom. The van der Waals surface area contributed by atoms with Crippen molar-refractivity contribution in [2.75, 3.05) is 12.4 Å². The monoisotopic (exact) mass is 417 g/mol. The fraction of sp³-hybridized carbons (Fsp3) is 0.105. The van der Waals surface area contributed by atoms with E-state index in [1.807, 2.05) is 0 Å². The Bertz CT molecular complexity index is 1220. The smallest absolute Gasteiger partial charge is 0.267 e. The predicted molar refractivity (Wildman–Crippen MR) is 102 cm³/mol. The van der Waals surface area contributed by atoms with Gasteiger partial charge in [-0.2, -0.15) is 5.10 Å². The highest BCUT2D eigenvalue weighted by Crippen LogP contribution is 2.22.